The molecule has 2 heterocycles. The van der Waals surface area contributed by atoms with Gasteiger partial charge in [0.25, 0.3) is 0 Å². The Morgan fingerprint density at radius 3 is 1.87 bits per heavy atom. The molecule has 0 spiro atoms. The number of aliphatic carboxylic acids is 1. The van der Waals surface area contributed by atoms with E-state index in [0.29, 0.717) is 85.3 Å². The number of hydrogen-bond acceptors (Lipinski definition) is 21. The third kappa shape index (κ3) is 31.0. The third-order valence-corrected chi connectivity index (χ3v) is 26.9. The van der Waals surface area contributed by atoms with Crippen molar-refractivity contribution in [3.8, 4) is 5.75 Å². The quantitative estimate of drug-likeness (QED) is 0.0334. The Hall–Kier alpha value is -8.25. The highest BCUT2D eigenvalue weighted by molar-refractivity contribution is 8.00. The number of urea groups is 1. The van der Waals surface area contributed by atoms with Gasteiger partial charge in [-0.2, -0.15) is 11.8 Å². The molecule has 18 N–H and O–H groups in total. The number of carboxylic acid groups (broad SMARTS) is 1. The first kappa shape index (κ1) is 97.2. The van der Waals surface area contributed by atoms with E-state index >= 15 is 0 Å². The highest BCUT2D eigenvalue weighted by atomic mass is 32.2. The van der Waals surface area contributed by atoms with Crippen LogP contribution in [0.5, 0.6) is 5.75 Å². The second-order valence-corrected chi connectivity index (χ2v) is 35.7. The Balaban J connectivity index is 0.711. The van der Waals surface area contributed by atoms with E-state index in [1.54, 1.807) is 42.5 Å². The van der Waals surface area contributed by atoms with Crippen LogP contribution in [0.4, 0.5) is 4.79 Å². The molecular weight excluding hydrogens is 1570 g/mol. The number of nitrogens with one attached hydrogen (secondary N) is 12. The zero-order chi connectivity index (χ0) is 86.7. The summed E-state index contributed by atoms with van der Waals surface area (Å²) in [7, 11) is 0. The standard InChI is InChI=1S/C86H135N13O20S/c1-53(2)43-67(97-82(112)68(45-55-15-7-6-8-16-55)95-75(106)49-92-74(105)48-93-79(109)64(87)44-56-22-25-58(100)26-23-56)80(110)91-34-14-11-17-65(81(111)96-66(83(113)114)18-12-13-33-88-72(103)20-10-9-19-70-78-69(52-120-70)98-84(115)99-78)94-77(108)51-119-42-40-117-38-36-90-76(107)50-118-41-39-116-37-35-89-73(104)30-21-54(3)61-28-29-62-60-27-24-57-46-59(101)31-32-85(57,4)63(60)47-71(102)86(61,62)5/h6-8,15-16,22-23,25-26,53-54,57,59-71,78,100-102H,9-14,17-21,24,27-52,87H2,1-5H3,(H,88,103)(H,89,104)(H,90,107)(H,91,110)(H,92,105)(H,93,109)(H,94,108)(H,95,106)(H,96,111)(H,97,112)(H,113,114)(H2,98,99,115)/t54-,57+,59+,60-,61+,62-,63-,64-,65-,66-,67-,68-,69-,70-,71-,78-,85-,86+/m0/s1. The molecule has 18 atom stereocenters. The van der Waals surface area contributed by atoms with Crippen LogP contribution in [-0.4, -0.2) is 249 Å². The summed E-state index contributed by atoms with van der Waals surface area (Å²) in [6, 6.07) is 9.12. The summed E-state index contributed by atoms with van der Waals surface area (Å²) in [6.45, 7) is 10.5. The zero-order valence-corrected chi connectivity index (χ0v) is 71.5. The van der Waals surface area contributed by atoms with Gasteiger partial charge in [0.05, 0.1) is 83.1 Å². The maximum Gasteiger partial charge on any atom is 0.326 e. The van der Waals surface area contributed by atoms with Crippen molar-refractivity contribution in [1.29, 1.82) is 0 Å². The Bertz CT molecular complexity index is 3650. The predicted molar refractivity (Wildman–Crippen MR) is 449 cm³/mol. The summed E-state index contributed by atoms with van der Waals surface area (Å²) in [5.74, 6) is -3.05. The normalized spacial score (nSPS) is 24.8. The summed E-state index contributed by atoms with van der Waals surface area (Å²) < 4.78 is 22.2. The van der Waals surface area contributed by atoms with Gasteiger partial charge in [0.1, 0.15) is 43.1 Å². The molecule has 33 nitrogen and oxygen atoms in total. The smallest absolute Gasteiger partial charge is 0.326 e. The molecule has 4 saturated carbocycles. The van der Waals surface area contributed by atoms with Crippen LogP contribution in [0, 0.1) is 52.3 Å². The number of benzene rings is 2. The molecule has 2 aliphatic heterocycles. The molecule has 2 aromatic rings. The number of thioether (sulfide) groups is 1. The molecule has 6 aliphatic rings. The van der Waals surface area contributed by atoms with Crippen LogP contribution >= 0.6 is 11.8 Å². The van der Waals surface area contributed by atoms with E-state index < -0.39 is 97.2 Å². The first-order chi connectivity index (χ1) is 57.5. The molecule has 0 unspecified atom stereocenters. The fourth-order valence-electron chi connectivity index (χ4n) is 18.9. The summed E-state index contributed by atoms with van der Waals surface area (Å²) in [5.41, 5.74) is 7.41. The average molecular weight is 1700 g/mol. The molecule has 0 bridgehead atoms. The number of phenols is 1. The van der Waals surface area contributed by atoms with Gasteiger partial charge in [0.2, 0.25) is 59.1 Å². The van der Waals surface area contributed by atoms with Crippen LogP contribution in [0.1, 0.15) is 181 Å². The molecule has 8 rings (SSSR count). The van der Waals surface area contributed by atoms with Crippen molar-refractivity contribution in [3.05, 3.63) is 65.7 Å². The number of ether oxygens (including phenoxy) is 4. The van der Waals surface area contributed by atoms with E-state index in [9.17, 15) is 78.0 Å². The lowest BCUT2D eigenvalue weighted by Crippen LogP contribution is -2.58. The largest absolute Gasteiger partial charge is 0.508 e. The lowest BCUT2D eigenvalue weighted by Gasteiger charge is -2.62. The number of hydrogen-bond donors (Lipinski definition) is 17. The van der Waals surface area contributed by atoms with E-state index in [1.165, 1.54) is 25.0 Å². The summed E-state index contributed by atoms with van der Waals surface area (Å²) in [4.78, 5) is 157. The molecule has 0 aromatic heterocycles. The number of fused-ring (bicyclic) bond motifs is 6. The second kappa shape index (κ2) is 49.7. The van der Waals surface area contributed by atoms with Crippen molar-refractivity contribution in [1.82, 2.24) is 63.8 Å². The van der Waals surface area contributed by atoms with Gasteiger partial charge in [-0.15, -0.1) is 0 Å². The number of carbonyl (C=O) groups is 12. The number of phenolic OH excluding ortho intramolecular Hbond substituents is 1. The van der Waals surface area contributed by atoms with Crippen molar-refractivity contribution in [2.45, 2.75) is 242 Å². The monoisotopic (exact) mass is 1700 g/mol. The van der Waals surface area contributed by atoms with Crippen molar-refractivity contribution in [2.24, 2.45) is 58.0 Å². The van der Waals surface area contributed by atoms with E-state index in [-0.39, 0.29) is 187 Å². The van der Waals surface area contributed by atoms with E-state index in [2.05, 4.69) is 84.6 Å². The van der Waals surface area contributed by atoms with Gasteiger partial charge < -0.3 is 109 Å². The molecule has 670 valence electrons. The van der Waals surface area contributed by atoms with Crippen LogP contribution in [0.15, 0.2) is 54.6 Å². The Kier molecular flexibility index (Phi) is 40.3. The maximum absolute atomic E-state index is 14.1. The molecule has 6 fully saturated rings. The zero-order valence-electron chi connectivity index (χ0n) is 70.7. The molecule has 4 aliphatic carbocycles. The summed E-state index contributed by atoms with van der Waals surface area (Å²) >= 11 is 1.81. The number of nitrogens with two attached hydrogens (primary N) is 1. The molecular formula is C86H135N13O20S. The number of carbonyl (C=O) groups excluding carboxylic acids is 11. The van der Waals surface area contributed by atoms with Gasteiger partial charge in [-0.25, -0.2) is 9.59 Å². The number of carboxylic acids is 1. The molecule has 2 saturated heterocycles. The number of rotatable bonds is 54. The van der Waals surface area contributed by atoms with Gasteiger partial charge in [-0.1, -0.05) is 83.5 Å². The minimum absolute atomic E-state index is 0.00164. The first-order valence-corrected chi connectivity index (χ1v) is 44.5. The lowest BCUT2D eigenvalue weighted by atomic mass is 9.43. The third-order valence-electron chi connectivity index (χ3n) is 25.4. The Morgan fingerprint density at radius 1 is 0.550 bits per heavy atom. The topological polar surface area (TPSA) is 493 Å². The lowest BCUT2D eigenvalue weighted by molar-refractivity contribution is -0.175. The summed E-state index contributed by atoms with van der Waals surface area (Å²) in [5, 5.41) is 75.3. The first-order valence-electron chi connectivity index (χ1n) is 43.5. The highest BCUT2D eigenvalue weighted by Gasteiger charge is 2.64. The predicted octanol–water partition coefficient (Wildman–Crippen LogP) is 2.81. The number of unbranched alkanes of at least 4 members (excludes halogenated alkanes) is 3. The molecule has 12 amide bonds. The fraction of sp³-hybridized carbons (Fsp3) is 0.721. The minimum atomic E-state index is -1.35. The van der Waals surface area contributed by atoms with Crippen LogP contribution < -0.4 is 69.5 Å². The average Bonchev–Trinajstić information content (AvgIpc) is 1.45. The molecule has 34 heteroatoms. The van der Waals surface area contributed by atoms with E-state index in [4.69, 9.17) is 24.7 Å². The van der Waals surface area contributed by atoms with E-state index in [0.717, 1.165) is 63.5 Å². The number of amides is 12. The Labute approximate surface area is 709 Å². The molecule has 0 radical (unpaired) electrons. The van der Waals surface area contributed by atoms with Gasteiger partial charge in [-0.3, -0.25) is 47.9 Å². The van der Waals surface area contributed by atoms with Gasteiger partial charge >= 0.3 is 12.0 Å². The highest BCUT2D eigenvalue weighted by Crippen LogP contribution is 2.68. The minimum Gasteiger partial charge on any atom is -0.508 e. The SMILES string of the molecule is CC(C)C[C@H](NC(=O)[C@H](Cc1ccccc1)NC(=O)CNC(=O)CNC(=O)[C@@H](N)Cc1ccc(O)cc1)C(=O)NCCCC[C@H](NC(=O)COCCOCCNC(=O)COCCOCCNC(=O)CC[C@H](C)[C@H]1CC[C@H]2[C@@H]3CC[C@@H]4C[C@H](O)CC[C@]4(C)[C@H]3C[C@H](O)[C@]12C)C(=O)N[C@@H](CCCCNC(=O)CCCC[C@@H]1SC[C@@H]2NC(=O)N[C@@H]21)C(=O)O. The van der Waals surface area contributed by atoms with Crippen molar-refractivity contribution >= 4 is 82.8 Å². The number of aliphatic hydroxyl groups is 2. The number of aliphatic hydroxyl groups excluding tert-OH is 2. The van der Waals surface area contributed by atoms with Crippen LogP contribution in [0.2, 0.25) is 0 Å². The van der Waals surface area contributed by atoms with Gasteiger partial charge in [-0.05, 0) is 198 Å². The van der Waals surface area contributed by atoms with Crippen molar-refractivity contribution in [2.75, 3.05) is 97.9 Å². The van der Waals surface area contributed by atoms with Gasteiger partial charge in [0, 0.05) is 56.4 Å². The molecule has 2 aromatic carbocycles. The van der Waals surface area contributed by atoms with Crippen LogP contribution in [0.3, 0.4) is 0 Å². The second-order valence-electron chi connectivity index (χ2n) is 34.4. The van der Waals surface area contributed by atoms with Crippen molar-refractivity contribution < 1.29 is 96.9 Å². The fourth-order valence-corrected chi connectivity index (χ4v) is 20.4. The van der Waals surface area contributed by atoms with Crippen molar-refractivity contribution in [3.63, 3.8) is 0 Å². The Morgan fingerprint density at radius 2 is 1.17 bits per heavy atom. The van der Waals surface area contributed by atoms with Crippen LogP contribution in [0.25, 0.3) is 0 Å². The van der Waals surface area contributed by atoms with Gasteiger partial charge in [0.15, 0.2) is 0 Å². The maximum atomic E-state index is 14.1. The summed E-state index contributed by atoms with van der Waals surface area (Å²) in [6.07, 6.45) is 13.0. The molecule has 120 heavy (non-hydrogen) atoms. The van der Waals surface area contributed by atoms with Crippen LogP contribution in [-0.2, 0) is 84.5 Å². The van der Waals surface area contributed by atoms with E-state index in [1.807, 2.05) is 25.6 Å². The number of aromatic hydroxyl groups is 1.